The van der Waals surface area contributed by atoms with E-state index in [9.17, 15) is 14.4 Å². The third-order valence-corrected chi connectivity index (χ3v) is 3.58. The van der Waals surface area contributed by atoms with Crippen LogP contribution in [0, 0.1) is 5.41 Å². The van der Waals surface area contributed by atoms with Gasteiger partial charge in [-0.25, -0.2) is 4.79 Å². The standard InChI is InChI=1S/C14H18O6/c1-3-18-12(17)14(19-4-2)9-13(11(16)20-14)7-5-10(15)6-8-13/h5,7H,3-4,6,8-9H2,1-2H3/t13-,14-/m0/s1. The summed E-state index contributed by atoms with van der Waals surface area (Å²) < 4.78 is 15.6. The lowest BCUT2D eigenvalue weighted by Gasteiger charge is -2.26. The van der Waals surface area contributed by atoms with E-state index in [2.05, 4.69) is 0 Å². The molecule has 1 spiro atoms. The van der Waals surface area contributed by atoms with E-state index in [1.807, 2.05) is 0 Å². The van der Waals surface area contributed by atoms with Crippen LogP contribution in [0.5, 0.6) is 0 Å². The van der Waals surface area contributed by atoms with Crippen LogP contribution in [0.1, 0.15) is 33.1 Å². The summed E-state index contributed by atoms with van der Waals surface area (Å²) in [6.45, 7) is 3.76. The van der Waals surface area contributed by atoms with E-state index in [1.165, 1.54) is 12.2 Å². The zero-order valence-electron chi connectivity index (χ0n) is 11.6. The molecule has 6 heteroatoms. The molecular weight excluding hydrogens is 264 g/mol. The Morgan fingerprint density at radius 1 is 1.35 bits per heavy atom. The monoisotopic (exact) mass is 282 g/mol. The van der Waals surface area contributed by atoms with Crippen LogP contribution in [0.4, 0.5) is 0 Å². The minimum atomic E-state index is -1.69. The number of hydrogen-bond acceptors (Lipinski definition) is 6. The average molecular weight is 282 g/mol. The predicted octanol–water partition coefficient (Wildman–Crippen LogP) is 1.13. The van der Waals surface area contributed by atoms with Crippen molar-refractivity contribution >= 4 is 17.7 Å². The van der Waals surface area contributed by atoms with E-state index in [0.717, 1.165) is 0 Å². The highest BCUT2D eigenvalue weighted by Crippen LogP contribution is 2.47. The van der Waals surface area contributed by atoms with Crippen LogP contribution in [0.2, 0.25) is 0 Å². The first-order valence-corrected chi connectivity index (χ1v) is 6.75. The van der Waals surface area contributed by atoms with Gasteiger partial charge in [0.2, 0.25) is 0 Å². The van der Waals surface area contributed by atoms with Gasteiger partial charge in [0, 0.05) is 19.4 Å². The molecule has 1 fully saturated rings. The second-order valence-electron chi connectivity index (χ2n) is 4.93. The van der Waals surface area contributed by atoms with Crippen molar-refractivity contribution in [2.45, 2.75) is 38.9 Å². The number of allylic oxidation sites excluding steroid dienone is 1. The fourth-order valence-electron chi connectivity index (χ4n) is 2.59. The van der Waals surface area contributed by atoms with Gasteiger partial charge in [-0.2, -0.15) is 0 Å². The quantitative estimate of drug-likeness (QED) is 0.719. The highest BCUT2D eigenvalue weighted by Gasteiger charge is 2.61. The van der Waals surface area contributed by atoms with Crippen molar-refractivity contribution in [3.05, 3.63) is 12.2 Å². The fraction of sp³-hybridized carbons (Fsp3) is 0.643. The Labute approximate surface area is 117 Å². The van der Waals surface area contributed by atoms with Crippen LogP contribution in [0.3, 0.4) is 0 Å². The lowest BCUT2D eigenvalue weighted by molar-refractivity contribution is -0.229. The Hall–Kier alpha value is -1.69. The minimum absolute atomic E-state index is 0.0338. The van der Waals surface area contributed by atoms with Gasteiger partial charge in [0.1, 0.15) is 0 Å². The van der Waals surface area contributed by atoms with Crippen LogP contribution < -0.4 is 0 Å². The highest BCUT2D eigenvalue weighted by atomic mass is 16.7. The SMILES string of the molecule is CCOC(=O)[C@]1(OCC)C[C@@]2(C=CC(=O)CC2)C(=O)O1. The van der Waals surface area contributed by atoms with Gasteiger partial charge in [0.25, 0.3) is 0 Å². The third-order valence-electron chi connectivity index (χ3n) is 3.58. The van der Waals surface area contributed by atoms with Crippen LogP contribution in [0.25, 0.3) is 0 Å². The van der Waals surface area contributed by atoms with Gasteiger partial charge in [-0.3, -0.25) is 9.59 Å². The molecule has 0 amide bonds. The molecule has 1 heterocycles. The van der Waals surface area contributed by atoms with Crippen LogP contribution in [-0.2, 0) is 28.6 Å². The maximum absolute atomic E-state index is 12.2. The average Bonchev–Trinajstić information content (AvgIpc) is 2.68. The molecule has 0 unspecified atom stereocenters. The van der Waals surface area contributed by atoms with Crippen molar-refractivity contribution in [1.29, 1.82) is 0 Å². The highest BCUT2D eigenvalue weighted by molar-refractivity contribution is 5.96. The first kappa shape index (κ1) is 14.7. The maximum Gasteiger partial charge on any atom is 0.379 e. The summed E-state index contributed by atoms with van der Waals surface area (Å²) in [6.07, 6.45) is 3.54. The zero-order chi connectivity index (χ0) is 14.8. The summed E-state index contributed by atoms with van der Waals surface area (Å²) >= 11 is 0. The number of ether oxygens (including phenoxy) is 3. The second-order valence-corrected chi connectivity index (χ2v) is 4.93. The topological polar surface area (TPSA) is 78.9 Å². The minimum Gasteiger partial charge on any atom is -0.461 e. The molecule has 0 aromatic heterocycles. The Balaban J connectivity index is 2.30. The van der Waals surface area contributed by atoms with E-state index < -0.39 is 23.1 Å². The van der Waals surface area contributed by atoms with E-state index >= 15 is 0 Å². The van der Waals surface area contributed by atoms with Gasteiger partial charge in [0.15, 0.2) is 5.78 Å². The summed E-state index contributed by atoms with van der Waals surface area (Å²) in [5.74, 6) is -2.96. The van der Waals surface area contributed by atoms with Gasteiger partial charge in [-0.1, -0.05) is 6.08 Å². The number of ketones is 1. The van der Waals surface area contributed by atoms with Gasteiger partial charge in [0.05, 0.1) is 12.0 Å². The molecule has 0 radical (unpaired) electrons. The van der Waals surface area contributed by atoms with Crippen molar-refractivity contribution in [2.75, 3.05) is 13.2 Å². The largest absolute Gasteiger partial charge is 0.461 e. The molecular formula is C14H18O6. The van der Waals surface area contributed by atoms with E-state index in [0.29, 0.717) is 6.42 Å². The summed E-state index contributed by atoms with van der Waals surface area (Å²) in [5.41, 5.74) is -0.962. The predicted molar refractivity (Wildman–Crippen MR) is 67.5 cm³/mol. The first-order valence-electron chi connectivity index (χ1n) is 6.75. The molecule has 20 heavy (non-hydrogen) atoms. The molecule has 2 aliphatic rings. The Morgan fingerprint density at radius 3 is 2.65 bits per heavy atom. The number of rotatable bonds is 4. The molecule has 0 N–H and O–H groups in total. The summed E-state index contributed by atoms with van der Waals surface area (Å²) in [7, 11) is 0. The third kappa shape index (κ3) is 2.35. The van der Waals surface area contributed by atoms with Gasteiger partial charge < -0.3 is 14.2 Å². The molecule has 1 aliphatic carbocycles. The lowest BCUT2D eigenvalue weighted by atomic mass is 9.76. The number of cyclic esters (lactones) is 1. The van der Waals surface area contributed by atoms with Crippen LogP contribution in [0.15, 0.2) is 12.2 Å². The number of esters is 2. The molecule has 1 saturated heterocycles. The Bertz CT molecular complexity index is 468. The van der Waals surface area contributed by atoms with Gasteiger partial charge >= 0.3 is 17.7 Å². The Morgan fingerprint density at radius 2 is 2.10 bits per heavy atom. The van der Waals surface area contributed by atoms with E-state index in [1.54, 1.807) is 13.8 Å². The smallest absolute Gasteiger partial charge is 0.379 e. The van der Waals surface area contributed by atoms with Gasteiger partial charge in [-0.15, -0.1) is 0 Å². The normalized spacial score (nSPS) is 32.5. The molecule has 1 aliphatic heterocycles. The molecule has 6 nitrogen and oxygen atoms in total. The van der Waals surface area contributed by atoms with Crippen molar-refractivity contribution in [3.8, 4) is 0 Å². The zero-order valence-corrected chi connectivity index (χ0v) is 11.6. The second kappa shape index (κ2) is 5.36. The first-order chi connectivity index (χ1) is 9.48. The number of carbonyl (C=O) groups is 3. The van der Waals surface area contributed by atoms with Crippen molar-refractivity contribution in [2.24, 2.45) is 5.41 Å². The lowest BCUT2D eigenvalue weighted by Crippen LogP contribution is -2.43. The summed E-state index contributed by atoms with van der Waals surface area (Å²) in [5, 5.41) is 0. The summed E-state index contributed by atoms with van der Waals surface area (Å²) in [6, 6.07) is 0. The van der Waals surface area contributed by atoms with E-state index in [-0.39, 0.29) is 31.8 Å². The van der Waals surface area contributed by atoms with Crippen LogP contribution in [-0.4, -0.2) is 36.7 Å². The molecule has 0 aromatic rings. The molecule has 2 rings (SSSR count). The number of hydrogen-bond donors (Lipinski definition) is 0. The van der Waals surface area contributed by atoms with Crippen LogP contribution >= 0.6 is 0 Å². The van der Waals surface area contributed by atoms with Crippen molar-refractivity contribution in [3.63, 3.8) is 0 Å². The van der Waals surface area contributed by atoms with Crippen molar-refractivity contribution < 1.29 is 28.6 Å². The van der Waals surface area contributed by atoms with Gasteiger partial charge in [-0.05, 0) is 26.3 Å². The van der Waals surface area contributed by atoms with E-state index in [4.69, 9.17) is 14.2 Å². The fourth-order valence-corrected chi connectivity index (χ4v) is 2.59. The molecule has 0 saturated carbocycles. The molecule has 110 valence electrons. The molecule has 0 bridgehead atoms. The molecule has 2 atom stereocenters. The molecule has 0 aromatic carbocycles. The maximum atomic E-state index is 12.2. The summed E-state index contributed by atoms with van der Waals surface area (Å²) in [4.78, 5) is 35.5. The Kier molecular flexibility index (Phi) is 3.94. The number of carbonyl (C=O) groups excluding carboxylic acids is 3. The van der Waals surface area contributed by atoms with Crippen molar-refractivity contribution in [1.82, 2.24) is 0 Å².